The number of pyridine rings is 1. The molecule has 1 aliphatic heterocycles. The van der Waals surface area contributed by atoms with Crippen LogP contribution in [0.3, 0.4) is 0 Å². The number of benzene rings is 1. The average Bonchev–Trinajstić information content (AvgIpc) is 2.96. The fourth-order valence-corrected chi connectivity index (χ4v) is 2.83. The fraction of sp³-hybridized carbons (Fsp3) is 0.400. The van der Waals surface area contributed by atoms with Crippen LogP contribution in [0.2, 0.25) is 0 Å². The second-order valence-corrected chi connectivity index (χ2v) is 5.08. The van der Waals surface area contributed by atoms with Gasteiger partial charge in [0.15, 0.2) is 0 Å². The van der Waals surface area contributed by atoms with Crippen LogP contribution in [-0.2, 0) is 7.05 Å². The summed E-state index contributed by atoms with van der Waals surface area (Å²) in [6.45, 7) is 1.88. The minimum absolute atomic E-state index is 0.117. The van der Waals surface area contributed by atoms with Gasteiger partial charge in [-0.25, -0.2) is 0 Å². The number of nitrogens with zero attached hydrogens (tertiary/aromatic N) is 1. The van der Waals surface area contributed by atoms with Crippen LogP contribution in [-0.4, -0.2) is 24.8 Å². The first kappa shape index (κ1) is 12.2. The number of aromatic nitrogens is 1. The third-order valence-electron chi connectivity index (χ3n) is 3.96. The van der Waals surface area contributed by atoms with Crippen LogP contribution in [0.25, 0.3) is 10.9 Å². The lowest BCUT2D eigenvalue weighted by atomic mass is 9.98. The molecule has 0 amide bonds. The van der Waals surface area contributed by atoms with Crippen LogP contribution in [0.15, 0.2) is 29.1 Å². The maximum Gasteiger partial charge on any atom is 0.254 e. The second kappa shape index (κ2) is 4.70. The number of methoxy groups -OCH3 is 1. The highest BCUT2D eigenvalue weighted by Crippen LogP contribution is 2.25. The summed E-state index contributed by atoms with van der Waals surface area (Å²) in [4.78, 5) is 12.4. The molecule has 0 spiro atoms. The Kier molecular flexibility index (Phi) is 3.03. The summed E-state index contributed by atoms with van der Waals surface area (Å²) in [6, 6.07) is 7.84. The Morgan fingerprint density at radius 1 is 1.37 bits per heavy atom. The van der Waals surface area contributed by atoms with Crippen LogP contribution < -0.4 is 15.6 Å². The molecule has 4 nitrogen and oxygen atoms in total. The van der Waals surface area contributed by atoms with Crippen molar-refractivity contribution in [3.05, 3.63) is 40.2 Å². The number of ether oxygens (including phenoxy) is 1. The lowest BCUT2D eigenvalue weighted by Crippen LogP contribution is -2.24. The molecule has 19 heavy (non-hydrogen) atoms. The van der Waals surface area contributed by atoms with Crippen LogP contribution in [0.4, 0.5) is 0 Å². The van der Waals surface area contributed by atoms with Gasteiger partial charge >= 0.3 is 0 Å². The normalized spacial score (nSPS) is 18.9. The van der Waals surface area contributed by atoms with Gasteiger partial charge < -0.3 is 14.6 Å². The van der Waals surface area contributed by atoms with Gasteiger partial charge in [0.1, 0.15) is 5.75 Å². The minimum Gasteiger partial charge on any atom is -0.497 e. The number of rotatable bonds is 2. The third-order valence-corrected chi connectivity index (χ3v) is 3.96. The Labute approximate surface area is 112 Å². The summed E-state index contributed by atoms with van der Waals surface area (Å²) in [5.41, 5.74) is 1.97. The van der Waals surface area contributed by atoms with Crippen molar-refractivity contribution in [2.45, 2.75) is 12.3 Å². The smallest absolute Gasteiger partial charge is 0.254 e. The Balaban J connectivity index is 2.22. The summed E-state index contributed by atoms with van der Waals surface area (Å²) in [5, 5.41) is 4.37. The molecular weight excluding hydrogens is 240 g/mol. The molecule has 1 fully saturated rings. The van der Waals surface area contributed by atoms with Crippen molar-refractivity contribution in [3.63, 3.8) is 0 Å². The van der Waals surface area contributed by atoms with Crippen molar-refractivity contribution in [3.8, 4) is 5.75 Å². The van der Waals surface area contributed by atoms with E-state index in [4.69, 9.17) is 4.74 Å². The largest absolute Gasteiger partial charge is 0.497 e. The molecule has 1 aromatic carbocycles. The molecule has 2 heterocycles. The molecule has 4 heteroatoms. The van der Waals surface area contributed by atoms with Gasteiger partial charge in [0.25, 0.3) is 5.56 Å². The van der Waals surface area contributed by atoms with E-state index in [2.05, 4.69) is 5.32 Å². The van der Waals surface area contributed by atoms with Crippen molar-refractivity contribution in [1.29, 1.82) is 0 Å². The predicted molar refractivity (Wildman–Crippen MR) is 76.0 cm³/mol. The first-order valence-electron chi connectivity index (χ1n) is 6.59. The monoisotopic (exact) mass is 258 g/mol. The van der Waals surface area contributed by atoms with E-state index in [1.165, 1.54) is 0 Å². The lowest BCUT2D eigenvalue weighted by molar-refractivity contribution is 0.415. The predicted octanol–water partition coefficient (Wildman–Crippen LogP) is 1.62. The first-order chi connectivity index (χ1) is 9.20. The Morgan fingerprint density at radius 3 is 2.89 bits per heavy atom. The number of fused-ring (bicyclic) bond motifs is 1. The van der Waals surface area contributed by atoms with Crippen LogP contribution in [0.1, 0.15) is 17.9 Å². The highest BCUT2D eigenvalue weighted by Gasteiger charge is 2.21. The van der Waals surface area contributed by atoms with Crippen LogP contribution in [0.5, 0.6) is 5.75 Å². The molecule has 0 radical (unpaired) electrons. The zero-order valence-corrected chi connectivity index (χ0v) is 11.3. The van der Waals surface area contributed by atoms with E-state index in [9.17, 15) is 4.79 Å². The van der Waals surface area contributed by atoms with Crippen molar-refractivity contribution >= 4 is 10.9 Å². The Morgan fingerprint density at radius 2 is 2.21 bits per heavy atom. The van der Waals surface area contributed by atoms with E-state index < -0.39 is 0 Å². The van der Waals surface area contributed by atoms with E-state index in [1.807, 2.05) is 31.3 Å². The highest BCUT2D eigenvalue weighted by atomic mass is 16.5. The molecule has 1 saturated heterocycles. The number of hydrogen-bond donors (Lipinski definition) is 1. The second-order valence-electron chi connectivity index (χ2n) is 5.08. The molecule has 0 bridgehead atoms. The molecule has 1 aromatic heterocycles. The van der Waals surface area contributed by atoms with Crippen molar-refractivity contribution < 1.29 is 4.74 Å². The maximum absolute atomic E-state index is 12.4. The van der Waals surface area contributed by atoms with Gasteiger partial charge in [-0.15, -0.1) is 0 Å². The van der Waals surface area contributed by atoms with E-state index in [-0.39, 0.29) is 5.56 Å². The summed E-state index contributed by atoms with van der Waals surface area (Å²) >= 11 is 0. The fourth-order valence-electron chi connectivity index (χ4n) is 2.83. The van der Waals surface area contributed by atoms with Crippen molar-refractivity contribution in [1.82, 2.24) is 9.88 Å². The quantitative estimate of drug-likeness (QED) is 0.890. The maximum atomic E-state index is 12.4. The van der Waals surface area contributed by atoms with Crippen molar-refractivity contribution in [2.75, 3.05) is 20.2 Å². The van der Waals surface area contributed by atoms with Gasteiger partial charge in [0.2, 0.25) is 0 Å². The highest BCUT2D eigenvalue weighted by molar-refractivity contribution is 5.81. The van der Waals surface area contributed by atoms with Gasteiger partial charge in [0, 0.05) is 30.5 Å². The molecule has 1 aliphatic rings. The summed E-state index contributed by atoms with van der Waals surface area (Å²) in [7, 11) is 3.49. The molecule has 1 N–H and O–H groups in total. The van der Waals surface area contributed by atoms with Gasteiger partial charge in [-0.3, -0.25) is 4.79 Å². The van der Waals surface area contributed by atoms with Crippen LogP contribution in [0, 0.1) is 0 Å². The minimum atomic E-state index is 0.117. The molecule has 2 aromatic rings. The number of aryl methyl sites for hydroxylation is 1. The molecular formula is C15H18N2O2. The van der Waals surface area contributed by atoms with E-state index in [0.717, 1.165) is 41.7 Å². The van der Waals surface area contributed by atoms with Gasteiger partial charge in [0.05, 0.1) is 12.6 Å². The van der Waals surface area contributed by atoms with Gasteiger partial charge in [-0.1, -0.05) is 0 Å². The number of hydrogen-bond acceptors (Lipinski definition) is 3. The first-order valence-corrected chi connectivity index (χ1v) is 6.59. The van der Waals surface area contributed by atoms with Crippen molar-refractivity contribution in [2.24, 2.45) is 7.05 Å². The Bertz CT molecular complexity index is 670. The lowest BCUT2D eigenvalue weighted by Gasteiger charge is -2.13. The molecule has 1 unspecified atom stereocenters. The molecule has 3 rings (SSSR count). The summed E-state index contributed by atoms with van der Waals surface area (Å²) in [6.07, 6.45) is 1.03. The van der Waals surface area contributed by atoms with Crippen LogP contribution >= 0.6 is 0 Å². The molecule has 100 valence electrons. The average molecular weight is 258 g/mol. The molecule has 0 aliphatic carbocycles. The van der Waals surface area contributed by atoms with Gasteiger partial charge in [-0.2, -0.15) is 0 Å². The van der Waals surface area contributed by atoms with E-state index in [1.54, 1.807) is 11.7 Å². The zero-order chi connectivity index (χ0) is 13.4. The topological polar surface area (TPSA) is 43.3 Å². The summed E-state index contributed by atoms with van der Waals surface area (Å²) in [5.74, 6) is 1.15. The number of nitrogens with one attached hydrogen (secondary N) is 1. The molecule has 1 atom stereocenters. The SMILES string of the molecule is COc1ccc2c(c1)cc(C1CCNC1)c(=O)n2C. The zero-order valence-electron chi connectivity index (χ0n) is 11.3. The van der Waals surface area contributed by atoms with E-state index in [0.29, 0.717) is 5.92 Å². The van der Waals surface area contributed by atoms with Gasteiger partial charge in [-0.05, 0) is 37.2 Å². The third kappa shape index (κ3) is 2.02. The standard InChI is InChI=1S/C15H18N2O2/c1-17-14-4-3-12(19-2)7-11(14)8-13(15(17)18)10-5-6-16-9-10/h3-4,7-8,10,16H,5-6,9H2,1-2H3. The summed E-state index contributed by atoms with van der Waals surface area (Å²) < 4.78 is 7.00. The van der Waals surface area contributed by atoms with E-state index >= 15 is 0 Å². The Hall–Kier alpha value is -1.81. The molecule has 0 saturated carbocycles.